The normalized spacial score (nSPS) is 12.0. The van der Waals surface area contributed by atoms with Crippen molar-refractivity contribution in [3.8, 4) is 0 Å². The van der Waals surface area contributed by atoms with Crippen LogP contribution >= 0.6 is 0 Å². The van der Waals surface area contributed by atoms with Gasteiger partial charge in [0.15, 0.2) is 0 Å². The third-order valence-corrected chi connectivity index (χ3v) is 4.53. The number of aromatic nitrogens is 2. The number of rotatable bonds is 5. The Bertz CT molecular complexity index is 1190. The SMILES string of the molecule is O=C(N[C@@H](Cc1cnc2ccccc2n1)C(=O)O)c1ccc2ccccc2c1. The second-order valence-electron chi connectivity index (χ2n) is 6.48. The number of carbonyl (C=O) groups is 2. The van der Waals surface area contributed by atoms with Gasteiger partial charge in [-0.15, -0.1) is 0 Å². The molecule has 0 aliphatic rings. The van der Waals surface area contributed by atoms with Gasteiger partial charge in [-0.3, -0.25) is 9.78 Å². The zero-order valence-electron chi connectivity index (χ0n) is 14.9. The number of hydrogen-bond donors (Lipinski definition) is 2. The molecule has 0 saturated heterocycles. The van der Waals surface area contributed by atoms with E-state index in [4.69, 9.17) is 0 Å². The van der Waals surface area contributed by atoms with E-state index < -0.39 is 17.9 Å². The zero-order chi connectivity index (χ0) is 19.5. The van der Waals surface area contributed by atoms with Crippen LogP contribution in [0.1, 0.15) is 16.1 Å². The lowest BCUT2D eigenvalue weighted by Gasteiger charge is -2.14. The number of carboxylic acid groups (broad SMARTS) is 1. The minimum Gasteiger partial charge on any atom is -0.480 e. The van der Waals surface area contributed by atoms with Crippen molar-refractivity contribution < 1.29 is 14.7 Å². The highest BCUT2D eigenvalue weighted by Gasteiger charge is 2.22. The average Bonchev–Trinajstić information content (AvgIpc) is 2.72. The van der Waals surface area contributed by atoms with Gasteiger partial charge in [0.1, 0.15) is 6.04 Å². The van der Waals surface area contributed by atoms with Crippen molar-refractivity contribution in [2.75, 3.05) is 0 Å². The lowest BCUT2D eigenvalue weighted by molar-refractivity contribution is -0.139. The zero-order valence-corrected chi connectivity index (χ0v) is 14.9. The van der Waals surface area contributed by atoms with Gasteiger partial charge >= 0.3 is 5.97 Å². The first-order valence-electron chi connectivity index (χ1n) is 8.83. The van der Waals surface area contributed by atoms with Gasteiger partial charge in [-0.2, -0.15) is 0 Å². The van der Waals surface area contributed by atoms with Crippen LogP contribution in [0, 0.1) is 0 Å². The van der Waals surface area contributed by atoms with Crippen LogP contribution in [0.25, 0.3) is 21.8 Å². The van der Waals surface area contributed by atoms with Crippen LogP contribution in [-0.4, -0.2) is 33.0 Å². The third-order valence-electron chi connectivity index (χ3n) is 4.53. The monoisotopic (exact) mass is 371 g/mol. The second-order valence-corrected chi connectivity index (χ2v) is 6.48. The number of nitrogens with zero attached hydrogens (tertiary/aromatic N) is 2. The van der Waals surface area contributed by atoms with E-state index in [0.717, 1.165) is 16.3 Å². The number of aliphatic carboxylic acids is 1. The Morgan fingerprint density at radius 3 is 2.43 bits per heavy atom. The van der Waals surface area contributed by atoms with E-state index in [2.05, 4.69) is 15.3 Å². The Morgan fingerprint density at radius 1 is 0.929 bits per heavy atom. The molecule has 4 aromatic rings. The van der Waals surface area contributed by atoms with Gasteiger partial charge in [0.25, 0.3) is 5.91 Å². The molecule has 3 aromatic carbocycles. The van der Waals surface area contributed by atoms with E-state index in [1.165, 1.54) is 0 Å². The Kier molecular flexibility index (Phi) is 4.68. The highest BCUT2D eigenvalue weighted by molar-refractivity contribution is 6.00. The van der Waals surface area contributed by atoms with Gasteiger partial charge in [0, 0.05) is 18.2 Å². The molecule has 2 N–H and O–H groups in total. The van der Waals surface area contributed by atoms with Crippen molar-refractivity contribution >= 4 is 33.7 Å². The number of fused-ring (bicyclic) bond motifs is 2. The molecule has 0 radical (unpaired) electrons. The summed E-state index contributed by atoms with van der Waals surface area (Å²) >= 11 is 0. The lowest BCUT2D eigenvalue weighted by Crippen LogP contribution is -2.42. The standard InChI is InChI=1S/C22H17N3O3/c26-21(16-10-9-14-5-1-2-6-15(14)11-16)25-20(22(27)28)12-17-13-23-18-7-3-4-8-19(18)24-17/h1-11,13,20H,12H2,(H,25,26)(H,27,28)/t20-/m0/s1. The van der Waals surface area contributed by atoms with E-state index in [0.29, 0.717) is 16.8 Å². The topological polar surface area (TPSA) is 92.2 Å². The van der Waals surface area contributed by atoms with Crippen LogP contribution in [-0.2, 0) is 11.2 Å². The van der Waals surface area contributed by atoms with E-state index in [1.54, 1.807) is 18.3 Å². The highest BCUT2D eigenvalue weighted by Crippen LogP contribution is 2.16. The predicted molar refractivity (Wildman–Crippen MR) is 106 cm³/mol. The van der Waals surface area contributed by atoms with Gasteiger partial charge in [0.05, 0.1) is 16.7 Å². The molecular weight excluding hydrogens is 354 g/mol. The second kappa shape index (κ2) is 7.44. The summed E-state index contributed by atoms with van der Waals surface area (Å²) in [5.41, 5.74) is 2.34. The van der Waals surface area contributed by atoms with Crippen LogP contribution in [0.15, 0.2) is 72.9 Å². The molecule has 0 bridgehead atoms. The van der Waals surface area contributed by atoms with Crippen LogP contribution in [0.5, 0.6) is 0 Å². The van der Waals surface area contributed by atoms with Gasteiger partial charge in [-0.05, 0) is 35.0 Å². The molecule has 0 unspecified atom stereocenters. The molecule has 4 rings (SSSR count). The van der Waals surface area contributed by atoms with Crippen molar-refractivity contribution in [3.63, 3.8) is 0 Å². The summed E-state index contributed by atoms with van der Waals surface area (Å²) < 4.78 is 0. The van der Waals surface area contributed by atoms with Crippen molar-refractivity contribution in [3.05, 3.63) is 84.2 Å². The van der Waals surface area contributed by atoms with Crippen LogP contribution in [0.2, 0.25) is 0 Å². The van der Waals surface area contributed by atoms with E-state index in [9.17, 15) is 14.7 Å². The molecule has 1 heterocycles. The van der Waals surface area contributed by atoms with E-state index in [-0.39, 0.29) is 6.42 Å². The highest BCUT2D eigenvalue weighted by atomic mass is 16.4. The van der Waals surface area contributed by atoms with Crippen molar-refractivity contribution in [2.45, 2.75) is 12.5 Å². The largest absolute Gasteiger partial charge is 0.480 e. The summed E-state index contributed by atoms with van der Waals surface area (Å²) in [6.07, 6.45) is 1.59. The molecule has 0 spiro atoms. The number of amides is 1. The predicted octanol–water partition coefficient (Wildman–Crippen LogP) is 3.21. The first kappa shape index (κ1) is 17.6. The molecule has 6 nitrogen and oxygen atoms in total. The van der Waals surface area contributed by atoms with Crippen LogP contribution < -0.4 is 5.32 Å². The fourth-order valence-corrected chi connectivity index (χ4v) is 3.08. The number of carboxylic acids is 1. The van der Waals surface area contributed by atoms with Crippen LogP contribution in [0.4, 0.5) is 0 Å². The molecule has 1 aromatic heterocycles. The molecule has 6 heteroatoms. The summed E-state index contributed by atoms with van der Waals surface area (Å²) in [5, 5.41) is 14.1. The summed E-state index contributed by atoms with van der Waals surface area (Å²) in [7, 11) is 0. The number of nitrogens with one attached hydrogen (secondary N) is 1. The first-order chi connectivity index (χ1) is 13.6. The minimum absolute atomic E-state index is 0.0481. The number of carbonyl (C=O) groups excluding carboxylic acids is 1. The van der Waals surface area contributed by atoms with Gasteiger partial charge in [0.2, 0.25) is 0 Å². The molecule has 1 amide bonds. The number of benzene rings is 3. The van der Waals surface area contributed by atoms with Gasteiger partial charge in [-0.25, -0.2) is 9.78 Å². The summed E-state index contributed by atoms with van der Waals surface area (Å²) in [6.45, 7) is 0. The fraction of sp³-hybridized carbons (Fsp3) is 0.0909. The number of hydrogen-bond acceptors (Lipinski definition) is 4. The Morgan fingerprint density at radius 2 is 1.64 bits per heavy atom. The molecule has 28 heavy (non-hydrogen) atoms. The summed E-state index contributed by atoms with van der Waals surface area (Å²) in [5.74, 6) is -1.56. The quantitative estimate of drug-likeness (QED) is 0.562. The molecule has 0 saturated carbocycles. The molecular formula is C22H17N3O3. The molecule has 1 atom stereocenters. The van der Waals surface area contributed by atoms with Crippen LogP contribution in [0.3, 0.4) is 0 Å². The van der Waals surface area contributed by atoms with Gasteiger partial charge in [-0.1, -0.05) is 42.5 Å². The van der Waals surface area contributed by atoms with Gasteiger partial charge < -0.3 is 10.4 Å². The van der Waals surface area contributed by atoms with E-state index >= 15 is 0 Å². The smallest absolute Gasteiger partial charge is 0.326 e. The molecule has 138 valence electrons. The first-order valence-corrected chi connectivity index (χ1v) is 8.83. The minimum atomic E-state index is -1.12. The lowest BCUT2D eigenvalue weighted by atomic mass is 10.1. The maximum atomic E-state index is 12.6. The molecule has 0 fully saturated rings. The maximum Gasteiger partial charge on any atom is 0.326 e. The Labute approximate surface area is 160 Å². The fourth-order valence-electron chi connectivity index (χ4n) is 3.08. The van der Waals surface area contributed by atoms with E-state index in [1.807, 2.05) is 54.6 Å². The molecule has 0 aliphatic carbocycles. The third kappa shape index (κ3) is 3.66. The Hall–Kier alpha value is -3.80. The number of para-hydroxylation sites is 2. The summed E-state index contributed by atoms with van der Waals surface area (Å²) in [6, 6.07) is 19.2. The maximum absolute atomic E-state index is 12.6. The van der Waals surface area contributed by atoms with Crippen molar-refractivity contribution in [1.29, 1.82) is 0 Å². The summed E-state index contributed by atoms with van der Waals surface area (Å²) in [4.78, 5) is 33.0. The van der Waals surface area contributed by atoms with Crippen molar-refractivity contribution in [1.82, 2.24) is 15.3 Å². The average molecular weight is 371 g/mol. The van der Waals surface area contributed by atoms with Crippen molar-refractivity contribution in [2.24, 2.45) is 0 Å². The Balaban J connectivity index is 1.55. The molecule has 0 aliphatic heterocycles.